The summed E-state index contributed by atoms with van der Waals surface area (Å²) in [7, 11) is 0. The van der Waals surface area contributed by atoms with E-state index in [0.29, 0.717) is 5.13 Å². The van der Waals surface area contributed by atoms with E-state index in [0.717, 1.165) is 27.9 Å². The van der Waals surface area contributed by atoms with Gasteiger partial charge < -0.3 is 4.74 Å². The fourth-order valence-electron chi connectivity index (χ4n) is 2.49. The largest absolute Gasteiger partial charge is 0.462 e. The lowest BCUT2D eigenvalue weighted by atomic mass is 10.1. The summed E-state index contributed by atoms with van der Waals surface area (Å²) < 4.78 is 5.78. The molecule has 1 aromatic heterocycles. The van der Waals surface area contributed by atoms with E-state index in [2.05, 4.69) is 10.3 Å². The summed E-state index contributed by atoms with van der Waals surface area (Å²) in [5.74, 6) is -1.33. The molecule has 3 rings (SSSR count). The zero-order chi connectivity index (χ0) is 19.6. The molecule has 0 saturated heterocycles. The fourth-order valence-corrected chi connectivity index (χ4v) is 3.43. The van der Waals surface area contributed by atoms with Crippen LogP contribution in [0.2, 0.25) is 0 Å². The minimum Gasteiger partial charge on any atom is -0.462 e. The number of fused-ring (bicyclic) bond motifs is 1. The Bertz CT molecular complexity index is 1060. The minimum atomic E-state index is -0.731. The van der Waals surface area contributed by atoms with Gasteiger partial charge in [-0.15, -0.1) is 0 Å². The summed E-state index contributed by atoms with van der Waals surface area (Å²) in [5.41, 5.74) is 1.30. The number of carbonyl (C=O) groups is 2. The Morgan fingerprint density at radius 2 is 2.00 bits per heavy atom. The van der Waals surface area contributed by atoms with Crippen molar-refractivity contribution in [3.8, 4) is 0 Å². The molecule has 0 unspecified atom stereocenters. The van der Waals surface area contributed by atoms with Crippen LogP contribution in [0.3, 0.4) is 0 Å². The SMILES string of the molecule is CCOC(=O)c1cc(C(=O)Nc2nc3c(C)cccc3s2)cc([N+](=O)[O-])c1. The number of hydrogen-bond acceptors (Lipinski definition) is 7. The quantitative estimate of drug-likeness (QED) is 0.404. The molecule has 8 nitrogen and oxygen atoms in total. The van der Waals surface area contributed by atoms with Gasteiger partial charge in [0.25, 0.3) is 11.6 Å². The van der Waals surface area contributed by atoms with E-state index in [1.807, 2.05) is 25.1 Å². The number of anilines is 1. The van der Waals surface area contributed by atoms with Crippen molar-refractivity contribution in [3.63, 3.8) is 0 Å². The second-order valence-corrected chi connectivity index (χ2v) is 6.67. The molecule has 138 valence electrons. The number of aryl methyl sites for hydroxylation is 1. The number of esters is 1. The number of non-ortho nitro benzene ring substituents is 1. The maximum absolute atomic E-state index is 12.6. The molecule has 0 spiro atoms. The number of nitrogens with zero attached hydrogens (tertiary/aromatic N) is 2. The zero-order valence-electron chi connectivity index (χ0n) is 14.5. The number of rotatable bonds is 5. The van der Waals surface area contributed by atoms with Gasteiger partial charge in [-0.2, -0.15) is 0 Å². The molecule has 0 atom stereocenters. The Hall–Kier alpha value is -3.33. The molecule has 1 N–H and O–H groups in total. The smallest absolute Gasteiger partial charge is 0.338 e. The van der Waals surface area contributed by atoms with Crippen LogP contribution in [0.15, 0.2) is 36.4 Å². The molecular weight excluding hydrogens is 370 g/mol. The third-order valence-electron chi connectivity index (χ3n) is 3.74. The van der Waals surface area contributed by atoms with E-state index >= 15 is 0 Å². The first kappa shape index (κ1) is 18.5. The summed E-state index contributed by atoms with van der Waals surface area (Å²) >= 11 is 1.30. The maximum atomic E-state index is 12.6. The first-order chi connectivity index (χ1) is 12.9. The van der Waals surface area contributed by atoms with Crippen molar-refractivity contribution in [1.82, 2.24) is 4.98 Å². The number of hydrogen-bond donors (Lipinski definition) is 1. The van der Waals surface area contributed by atoms with Gasteiger partial charge in [0.1, 0.15) is 0 Å². The first-order valence-electron chi connectivity index (χ1n) is 8.03. The van der Waals surface area contributed by atoms with Crippen LogP contribution in [-0.4, -0.2) is 28.4 Å². The minimum absolute atomic E-state index is 0.0248. The number of benzene rings is 2. The highest BCUT2D eigenvalue weighted by atomic mass is 32.1. The Morgan fingerprint density at radius 3 is 2.67 bits per heavy atom. The van der Waals surface area contributed by atoms with Crippen LogP contribution in [0, 0.1) is 17.0 Å². The molecule has 3 aromatic rings. The third kappa shape index (κ3) is 3.93. The molecule has 27 heavy (non-hydrogen) atoms. The van der Waals surface area contributed by atoms with E-state index in [4.69, 9.17) is 4.74 Å². The van der Waals surface area contributed by atoms with Crippen molar-refractivity contribution in [2.45, 2.75) is 13.8 Å². The molecule has 0 bridgehead atoms. The predicted octanol–water partition coefficient (Wildman–Crippen LogP) is 3.94. The molecule has 9 heteroatoms. The number of aromatic nitrogens is 1. The van der Waals surface area contributed by atoms with E-state index in [-0.39, 0.29) is 23.4 Å². The molecule has 0 aliphatic rings. The summed E-state index contributed by atoms with van der Waals surface area (Å²) in [6, 6.07) is 9.15. The summed E-state index contributed by atoms with van der Waals surface area (Å²) in [5, 5.41) is 14.1. The van der Waals surface area contributed by atoms with Crippen molar-refractivity contribution >= 4 is 44.2 Å². The summed E-state index contributed by atoms with van der Waals surface area (Å²) in [6.45, 7) is 3.66. The summed E-state index contributed by atoms with van der Waals surface area (Å²) in [4.78, 5) is 39.3. The van der Waals surface area contributed by atoms with Crippen LogP contribution < -0.4 is 5.32 Å². The highest BCUT2D eigenvalue weighted by molar-refractivity contribution is 7.22. The number of nitrogens with one attached hydrogen (secondary N) is 1. The van der Waals surface area contributed by atoms with E-state index < -0.39 is 16.8 Å². The fraction of sp³-hybridized carbons (Fsp3) is 0.167. The maximum Gasteiger partial charge on any atom is 0.338 e. The number of nitro benzene ring substituents is 1. The Kier molecular flexibility index (Phi) is 5.13. The van der Waals surface area contributed by atoms with Crippen molar-refractivity contribution < 1.29 is 19.2 Å². The Labute approximate surface area is 157 Å². The van der Waals surface area contributed by atoms with Gasteiger partial charge in [0.15, 0.2) is 5.13 Å². The monoisotopic (exact) mass is 385 g/mol. The molecule has 2 aromatic carbocycles. The molecule has 0 saturated carbocycles. The van der Waals surface area contributed by atoms with E-state index in [1.54, 1.807) is 6.92 Å². The van der Waals surface area contributed by atoms with Gasteiger partial charge >= 0.3 is 5.97 Å². The standard InChI is InChI=1S/C18H15N3O5S/c1-3-26-17(23)12-7-11(8-13(9-12)21(24)25)16(22)20-18-19-15-10(2)5-4-6-14(15)27-18/h4-9H,3H2,1-2H3,(H,19,20,22). The summed E-state index contributed by atoms with van der Waals surface area (Å²) in [6.07, 6.45) is 0. The van der Waals surface area contributed by atoms with Crippen molar-refractivity contribution in [3.05, 3.63) is 63.2 Å². The zero-order valence-corrected chi connectivity index (χ0v) is 15.3. The van der Waals surface area contributed by atoms with Crippen molar-refractivity contribution in [1.29, 1.82) is 0 Å². The van der Waals surface area contributed by atoms with Crippen LogP contribution >= 0.6 is 11.3 Å². The van der Waals surface area contributed by atoms with Crippen molar-refractivity contribution in [2.75, 3.05) is 11.9 Å². The molecular formula is C18H15N3O5S. The molecule has 0 aliphatic heterocycles. The van der Waals surface area contributed by atoms with Gasteiger partial charge in [-0.3, -0.25) is 20.2 Å². The van der Waals surface area contributed by atoms with E-state index in [9.17, 15) is 19.7 Å². The van der Waals surface area contributed by atoms with Crippen molar-refractivity contribution in [2.24, 2.45) is 0 Å². The number of amides is 1. The first-order valence-corrected chi connectivity index (χ1v) is 8.84. The lowest BCUT2D eigenvalue weighted by Crippen LogP contribution is -2.14. The normalized spacial score (nSPS) is 10.6. The third-order valence-corrected chi connectivity index (χ3v) is 4.68. The average molecular weight is 385 g/mol. The highest BCUT2D eigenvalue weighted by Crippen LogP contribution is 2.28. The number of thiazole rings is 1. The Morgan fingerprint density at radius 1 is 1.26 bits per heavy atom. The Balaban J connectivity index is 1.93. The van der Waals surface area contributed by atoms with Gasteiger partial charge in [0.2, 0.25) is 0 Å². The van der Waals surface area contributed by atoms with Crippen LogP contribution in [0.1, 0.15) is 33.2 Å². The average Bonchev–Trinajstić information content (AvgIpc) is 3.05. The number of para-hydroxylation sites is 1. The predicted molar refractivity (Wildman–Crippen MR) is 101 cm³/mol. The van der Waals surface area contributed by atoms with Crippen LogP contribution in [0.5, 0.6) is 0 Å². The van der Waals surface area contributed by atoms with Gasteiger partial charge in [0.05, 0.1) is 27.3 Å². The number of carbonyl (C=O) groups excluding carboxylic acids is 2. The van der Waals surface area contributed by atoms with Crippen LogP contribution in [0.25, 0.3) is 10.2 Å². The second-order valence-electron chi connectivity index (χ2n) is 5.64. The molecule has 1 amide bonds. The van der Waals surface area contributed by atoms with Gasteiger partial charge in [-0.1, -0.05) is 23.5 Å². The van der Waals surface area contributed by atoms with Crippen LogP contribution in [0.4, 0.5) is 10.8 Å². The van der Waals surface area contributed by atoms with E-state index in [1.165, 1.54) is 17.4 Å². The number of ether oxygens (including phenoxy) is 1. The van der Waals surface area contributed by atoms with Gasteiger partial charge in [-0.05, 0) is 31.5 Å². The lowest BCUT2D eigenvalue weighted by Gasteiger charge is -2.06. The van der Waals surface area contributed by atoms with Gasteiger partial charge in [-0.25, -0.2) is 9.78 Å². The molecule has 0 fully saturated rings. The molecule has 1 heterocycles. The highest BCUT2D eigenvalue weighted by Gasteiger charge is 2.19. The number of nitro groups is 1. The topological polar surface area (TPSA) is 111 Å². The molecule has 0 radical (unpaired) electrons. The second kappa shape index (κ2) is 7.50. The van der Waals surface area contributed by atoms with Crippen LogP contribution in [-0.2, 0) is 4.74 Å². The van der Waals surface area contributed by atoms with Gasteiger partial charge in [0, 0.05) is 17.7 Å². The molecule has 0 aliphatic carbocycles. The lowest BCUT2D eigenvalue weighted by molar-refractivity contribution is -0.384.